The summed E-state index contributed by atoms with van der Waals surface area (Å²) in [7, 11) is 14.9. The predicted molar refractivity (Wildman–Crippen MR) is 54.8 cm³/mol. The Bertz CT molecular complexity index is 60.6. The van der Waals surface area contributed by atoms with Crippen LogP contribution in [0.5, 0.6) is 0 Å². The van der Waals surface area contributed by atoms with Crippen LogP contribution in [0, 0.1) is 0 Å². The summed E-state index contributed by atoms with van der Waals surface area (Å²) in [4.78, 5) is 0. The fourth-order valence-corrected chi connectivity index (χ4v) is 2.60. The second-order valence-electron chi connectivity index (χ2n) is 2.28. The summed E-state index contributed by atoms with van der Waals surface area (Å²) < 4.78 is 0. The van der Waals surface area contributed by atoms with E-state index in [4.69, 9.17) is 29.5 Å². The molecule has 0 fully saturated rings. The van der Waals surface area contributed by atoms with Crippen LogP contribution in [-0.4, -0.2) is 14.1 Å². The number of halogens is 3. The Morgan fingerprint density at radius 1 is 0.909 bits per heavy atom. The van der Waals surface area contributed by atoms with E-state index in [-0.39, 0.29) is 14.1 Å². The summed E-state index contributed by atoms with van der Waals surface area (Å²) in [6.07, 6.45) is 0. The Labute approximate surface area is 91.8 Å². The van der Waals surface area contributed by atoms with Crippen LogP contribution in [0.1, 0.15) is 20.8 Å². The van der Waals surface area contributed by atoms with E-state index in [0.717, 1.165) is 0 Å². The number of hydrogen-bond acceptors (Lipinski definition) is 0. The van der Waals surface area contributed by atoms with Crippen molar-refractivity contribution in [2.45, 2.75) is 36.6 Å². The van der Waals surface area contributed by atoms with Crippen LogP contribution in [0.15, 0.2) is 0 Å². The minimum atomic E-state index is -1.77. The number of rotatable bonds is 3. The predicted octanol–water partition coefficient (Wildman–Crippen LogP) is 4.61. The average Bonchev–Trinajstić information content (AvgIpc) is 1.90. The Kier molecular flexibility index (Phi) is 16.8. The first-order valence-electron chi connectivity index (χ1n) is 3.85. The standard InChI is InChI=1S/3C2H5.Al.3ClH.V/c3*1-2;;;;;/h3*1H2,2H3;;3*1H;/q;;;;;;;+3/p-3. The van der Waals surface area contributed by atoms with E-state index in [0.29, 0.717) is 0 Å². The molecular formula is C6H15AlCl3V. The van der Waals surface area contributed by atoms with Gasteiger partial charge in [0.25, 0.3) is 14.1 Å². The zero-order valence-corrected chi connectivity index (χ0v) is 12.1. The molecule has 0 amide bonds. The zero-order chi connectivity index (χ0) is 9.28. The molecule has 0 N–H and O–H groups in total. The van der Waals surface area contributed by atoms with E-state index in [2.05, 4.69) is 20.8 Å². The van der Waals surface area contributed by atoms with Crippen LogP contribution in [0.2, 0.25) is 15.8 Å². The van der Waals surface area contributed by atoms with Crippen LogP contribution in [0.4, 0.5) is 0 Å². The maximum absolute atomic E-state index is 4.95. The molecule has 0 nitrogen and oxygen atoms in total. The molecule has 0 unspecified atom stereocenters. The van der Waals surface area contributed by atoms with Crippen LogP contribution in [-0.2, 0) is 12.3 Å². The molecular weight excluding hydrogens is 256 g/mol. The molecule has 0 aromatic carbocycles. The van der Waals surface area contributed by atoms with Crippen molar-refractivity contribution in [1.82, 2.24) is 0 Å². The van der Waals surface area contributed by atoms with Crippen molar-refractivity contribution in [2.75, 3.05) is 0 Å². The van der Waals surface area contributed by atoms with Crippen molar-refractivity contribution >= 4 is 43.7 Å². The molecule has 0 aliphatic rings. The summed E-state index contributed by atoms with van der Waals surface area (Å²) in [5.74, 6) is 0. The van der Waals surface area contributed by atoms with E-state index in [1.54, 1.807) is 0 Å². The van der Waals surface area contributed by atoms with Gasteiger partial charge in [0.15, 0.2) is 0 Å². The third-order valence-electron chi connectivity index (χ3n) is 1.73. The molecule has 0 bridgehead atoms. The summed E-state index contributed by atoms with van der Waals surface area (Å²) in [6, 6.07) is 0. The van der Waals surface area contributed by atoms with E-state index in [9.17, 15) is 0 Å². The van der Waals surface area contributed by atoms with Gasteiger partial charge >= 0.3 is 41.8 Å². The van der Waals surface area contributed by atoms with Gasteiger partial charge in [-0.25, -0.2) is 0 Å². The quantitative estimate of drug-likeness (QED) is 0.658. The van der Waals surface area contributed by atoms with Crippen molar-refractivity contribution < 1.29 is 12.3 Å². The van der Waals surface area contributed by atoms with E-state index in [1.165, 1.54) is 15.8 Å². The molecule has 0 radical (unpaired) electrons. The number of hydrogen-bond donors (Lipinski definition) is 0. The Morgan fingerprint density at radius 3 is 1.09 bits per heavy atom. The van der Waals surface area contributed by atoms with Crippen LogP contribution in [0.25, 0.3) is 0 Å². The topological polar surface area (TPSA) is 0 Å². The fourth-order valence-electron chi connectivity index (χ4n) is 0.866. The van der Waals surface area contributed by atoms with Crippen molar-refractivity contribution in [1.29, 1.82) is 0 Å². The van der Waals surface area contributed by atoms with Gasteiger partial charge in [0.1, 0.15) is 0 Å². The average molecular weight is 271 g/mol. The molecule has 0 spiro atoms. The van der Waals surface area contributed by atoms with E-state index in [1.807, 2.05) is 0 Å². The van der Waals surface area contributed by atoms with Gasteiger partial charge in [-0.1, -0.05) is 36.6 Å². The van der Waals surface area contributed by atoms with Gasteiger partial charge in [0.2, 0.25) is 0 Å². The summed E-state index contributed by atoms with van der Waals surface area (Å²) >= 11 is -1.94. The van der Waals surface area contributed by atoms with Gasteiger partial charge in [0, 0.05) is 0 Å². The van der Waals surface area contributed by atoms with Gasteiger partial charge in [-0.3, -0.25) is 0 Å². The third kappa shape index (κ3) is 18.7. The van der Waals surface area contributed by atoms with Crippen LogP contribution >= 0.6 is 29.5 Å². The van der Waals surface area contributed by atoms with Gasteiger partial charge in [0.05, 0.1) is 0 Å². The Morgan fingerprint density at radius 2 is 1.09 bits per heavy atom. The van der Waals surface area contributed by atoms with Crippen LogP contribution < -0.4 is 0 Å². The van der Waals surface area contributed by atoms with Crippen molar-refractivity contribution in [3.63, 3.8) is 0 Å². The molecule has 0 aromatic rings. The van der Waals surface area contributed by atoms with Gasteiger partial charge in [-0.05, 0) is 0 Å². The summed E-state index contributed by atoms with van der Waals surface area (Å²) in [5, 5.41) is 4.48. The van der Waals surface area contributed by atoms with Crippen molar-refractivity contribution in [3.05, 3.63) is 0 Å². The first-order chi connectivity index (χ1) is 5.08. The molecule has 11 heavy (non-hydrogen) atoms. The second-order valence-corrected chi connectivity index (χ2v) is 13.4. The van der Waals surface area contributed by atoms with Gasteiger partial charge in [-0.2, -0.15) is 0 Å². The Hall–Kier alpha value is 1.99. The second kappa shape index (κ2) is 12.0. The zero-order valence-electron chi connectivity index (χ0n) is 7.28. The van der Waals surface area contributed by atoms with Gasteiger partial charge in [-0.15, -0.1) is 0 Å². The molecule has 0 saturated carbocycles. The SMILES string of the molecule is C[CH2][Al]([CH2]C)[CH2]C.[Cl][V]([Cl])[Cl]. The molecule has 0 saturated heterocycles. The molecule has 0 aliphatic carbocycles. The molecule has 0 rings (SSSR count). The monoisotopic (exact) mass is 270 g/mol. The first kappa shape index (κ1) is 15.5. The fraction of sp³-hybridized carbons (Fsp3) is 1.00. The van der Waals surface area contributed by atoms with E-state index >= 15 is 0 Å². The van der Waals surface area contributed by atoms with Crippen LogP contribution in [0.3, 0.4) is 0 Å². The maximum atomic E-state index is 4.95. The van der Waals surface area contributed by atoms with Crippen molar-refractivity contribution in [3.8, 4) is 0 Å². The first-order valence-corrected chi connectivity index (χ1v) is 12.1. The molecule has 0 atom stereocenters. The van der Waals surface area contributed by atoms with E-state index < -0.39 is 12.3 Å². The summed E-state index contributed by atoms with van der Waals surface area (Å²) in [6.45, 7) is 6.97. The molecule has 0 aromatic heterocycles. The summed E-state index contributed by atoms with van der Waals surface area (Å²) in [5.41, 5.74) is 0. The minimum absolute atomic E-state index is 0.171. The third-order valence-corrected chi connectivity index (χ3v) is 5.20. The van der Waals surface area contributed by atoms with Crippen molar-refractivity contribution in [2.24, 2.45) is 0 Å². The molecule has 68 valence electrons. The molecule has 5 heteroatoms. The molecule has 0 heterocycles. The normalized spacial score (nSPS) is 9.00. The molecule has 0 aliphatic heterocycles. The Balaban J connectivity index is 0. The van der Waals surface area contributed by atoms with Gasteiger partial charge < -0.3 is 0 Å².